The Labute approximate surface area is 89.6 Å². The number of aliphatic imine (C=N–C) groups is 1. The van der Waals surface area contributed by atoms with Gasteiger partial charge in [-0.15, -0.1) is 0 Å². The summed E-state index contributed by atoms with van der Waals surface area (Å²) in [6, 6.07) is 5.74. The molecule has 0 fully saturated rings. The van der Waals surface area contributed by atoms with E-state index in [2.05, 4.69) is 36.2 Å². The molecule has 1 aromatic carbocycles. The van der Waals surface area contributed by atoms with Gasteiger partial charge in [-0.1, -0.05) is 13.8 Å². The third kappa shape index (κ3) is 2.41. The number of nitrogens with zero attached hydrogens (tertiary/aromatic N) is 1. The molecule has 14 heavy (non-hydrogen) atoms. The highest BCUT2D eigenvalue weighted by Gasteiger charge is 2.07. The van der Waals surface area contributed by atoms with Gasteiger partial charge in [0.2, 0.25) is 0 Å². The number of rotatable bonds is 3. The van der Waals surface area contributed by atoms with Gasteiger partial charge in [-0.2, -0.15) is 4.99 Å². The maximum atomic E-state index is 5.25. The van der Waals surface area contributed by atoms with Crippen molar-refractivity contribution in [2.75, 3.05) is 7.11 Å². The van der Waals surface area contributed by atoms with Crippen LogP contribution in [0.2, 0.25) is 0 Å². The Kier molecular flexibility index (Phi) is 3.81. The van der Waals surface area contributed by atoms with Crippen LogP contribution in [-0.2, 0) is 0 Å². The summed E-state index contributed by atoms with van der Waals surface area (Å²) in [5.41, 5.74) is 1.96. The fourth-order valence-corrected chi connectivity index (χ4v) is 1.40. The van der Waals surface area contributed by atoms with Crippen molar-refractivity contribution in [2.24, 2.45) is 4.99 Å². The van der Waals surface area contributed by atoms with Crippen LogP contribution in [0.5, 0.6) is 5.75 Å². The molecule has 3 heteroatoms. The lowest BCUT2D eigenvalue weighted by Crippen LogP contribution is -1.93. The Morgan fingerprint density at radius 2 is 2.14 bits per heavy atom. The second-order valence-corrected chi connectivity index (χ2v) is 3.47. The quantitative estimate of drug-likeness (QED) is 0.558. The molecule has 0 aromatic heterocycles. The first-order valence-electron chi connectivity index (χ1n) is 4.45. The summed E-state index contributed by atoms with van der Waals surface area (Å²) < 4.78 is 5.25. The second kappa shape index (κ2) is 4.89. The summed E-state index contributed by atoms with van der Waals surface area (Å²) in [4.78, 5) is 3.93. The molecule has 0 saturated heterocycles. The standard InChI is InChI=1S/C11H13NOS/c1-8(2)10-6-9(12-7-14)4-5-11(10)13-3/h4-6,8H,1-3H3. The number of methoxy groups -OCH3 is 1. The highest BCUT2D eigenvalue weighted by atomic mass is 32.1. The molecule has 0 saturated carbocycles. The molecule has 0 aliphatic rings. The smallest absolute Gasteiger partial charge is 0.122 e. The molecular weight excluding hydrogens is 194 g/mol. The van der Waals surface area contributed by atoms with Crippen molar-refractivity contribution in [2.45, 2.75) is 19.8 Å². The van der Waals surface area contributed by atoms with Gasteiger partial charge in [-0.25, -0.2) is 0 Å². The van der Waals surface area contributed by atoms with Gasteiger partial charge in [0.05, 0.1) is 18.0 Å². The predicted octanol–water partition coefficient (Wildman–Crippen LogP) is 3.55. The Balaban J connectivity index is 3.20. The number of hydrogen-bond donors (Lipinski definition) is 0. The minimum atomic E-state index is 0.408. The molecule has 0 N–H and O–H groups in total. The van der Waals surface area contributed by atoms with Gasteiger partial charge < -0.3 is 4.74 Å². The highest BCUT2D eigenvalue weighted by Crippen LogP contribution is 2.29. The third-order valence-electron chi connectivity index (χ3n) is 2.01. The normalized spacial score (nSPS) is 9.71. The van der Waals surface area contributed by atoms with Crippen molar-refractivity contribution >= 4 is 23.1 Å². The van der Waals surface area contributed by atoms with Crippen molar-refractivity contribution in [3.63, 3.8) is 0 Å². The van der Waals surface area contributed by atoms with E-state index in [9.17, 15) is 0 Å². The Morgan fingerprint density at radius 3 is 2.64 bits per heavy atom. The maximum absolute atomic E-state index is 5.25. The van der Waals surface area contributed by atoms with E-state index >= 15 is 0 Å². The van der Waals surface area contributed by atoms with E-state index < -0.39 is 0 Å². The first-order chi connectivity index (χ1) is 6.69. The molecule has 0 atom stereocenters. The molecular formula is C11H13NOS. The van der Waals surface area contributed by atoms with Crippen LogP contribution in [0.4, 0.5) is 5.69 Å². The summed E-state index contributed by atoms with van der Waals surface area (Å²) in [7, 11) is 1.67. The van der Waals surface area contributed by atoms with Crippen LogP contribution < -0.4 is 4.74 Å². The van der Waals surface area contributed by atoms with Crippen LogP contribution >= 0.6 is 12.2 Å². The van der Waals surface area contributed by atoms with E-state index in [1.807, 2.05) is 18.2 Å². The van der Waals surface area contributed by atoms with E-state index in [1.165, 1.54) is 0 Å². The topological polar surface area (TPSA) is 21.6 Å². The first kappa shape index (κ1) is 10.9. The summed E-state index contributed by atoms with van der Waals surface area (Å²) in [6.07, 6.45) is 0. The molecule has 0 heterocycles. The molecule has 2 nitrogen and oxygen atoms in total. The number of isothiocyanates is 1. The lowest BCUT2D eigenvalue weighted by atomic mass is 10.0. The molecule has 0 radical (unpaired) electrons. The Hall–Kier alpha value is -1.18. The van der Waals surface area contributed by atoms with Gasteiger partial charge in [0.25, 0.3) is 0 Å². The van der Waals surface area contributed by atoms with E-state index in [-0.39, 0.29) is 0 Å². The van der Waals surface area contributed by atoms with Gasteiger partial charge in [0.15, 0.2) is 0 Å². The highest BCUT2D eigenvalue weighted by molar-refractivity contribution is 7.78. The first-order valence-corrected chi connectivity index (χ1v) is 4.85. The summed E-state index contributed by atoms with van der Waals surface area (Å²) in [6.45, 7) is 4.23. The van der Waals surface area contributed by atoms with Crippen LogP contribution in [-0.4, -0.2) is 12.3 Å². The van der Waals surface area contributed by atoms with Crippen LogP contribution in [0.1, 0.15) is 25.3 Å². The number of hydrogen-bond acceptors (Lipinski definition) is 3. The Bertz CT molecular complexity index is 368. The lowest BCUT2D eigenvalue weighted by Gasteiger charge is -2.11. The molecule has 1 rings (SSSR count). The molecule has 0 unspecified atom stereocenters. The van der Waals surface area contributed by atoms with Gasteiger partial charge >= 0.3 is 0 Å². The van der Waals surface area contributed by atoms with Crippen LogP contribution in [0, 0.1) is 0 Å². The van der Waals surface area contributed by atoms with Crippen molar-refractivity contribution < 1.29 is 4.74 Å². The monoisotopic (exact) mass is 207 g/mol. The van der Waals surface area contributed by atoms with E-state index in [0.717, 1.165) is 17.0 Å². The second-order valence-electron chi connectivity index (χ2n) is 3.28. The maximum Gasteiger partial charge on any atom is 0.122 e. The minimum Gasteiger partial charge on any atom is -0.496 e. The fraction of sp³-hybridized carbons (Fsp3) is 0.364. The SMILES string of the molecule is COc1ccc(N=C=S)cc1C(C)C. The lowest BCUT2D eigenvalue weighted by molar-refractivity contribution is 0.407. The van der Waals surface area contributed by atoms with Crippen LogP contribution in [0.15, 0.2) is 23.2 Å². The molecule has 1 aromatic rings. The zero-order valence-corrected chi connectivity index (χ0v) is 9.39. The summed E-state index contributed by atoms with van der Waals surface area (Å²) in [5, 5.41) is 2.36. The van der Waals surface area contributed by atoms with E-state index in [4.69, 9.17) is 4.74 Å². The number of thiocarbonyl (C=S) groups is 1. The van der Waals surface area contributed by atoms with Crippen molar-refractivity contribution in [1.82, 2.24) is 0 Å². The van der Waals surface area contributed by atoms with Gasteiger partial charge in [0.1, 0.15) is 5.75 Å². The van der Waals surface area contributed by atoms with Gasteiger partial charge in [0, 0.05) is 0 Å². The largest absolute Gasteiger partial charge is 0.496 e. The zero-order valence-electron chi connectivity index (χ0n) is 8.57. The molecule has 0 aliphatic heterocycles. The third-order valence-corrected chi connectivity index (χ3v) is 2.10. The number of ether oxygens (including phenoxy) is 1. The molecule has 0 bridgehead atoms. The van der Waals surface area contributed by atoms with E-state index in [0.29, 0.717) is 5.92 Å². The summed E-state index contributed by atoms with van der Waals surface area (Å²) >= 11 is 4.56. The van der Waals surface area contributed by atoms with Crippen molar-refractivity contribution in [3.05, 3.63) is 23.8 Å². The van der Waals surface area contributed by atoms with Crippen molar-refractivity contribution in [3.8, 4) is 5.75 Å². The molecule has 0 aliphatic carbocycles. The average Bonchev–Trinajstić information content (AvgIpc) is 2.18. The minimum absolute atomic E-state index is 0.408. The van der Waals surface area contributed by atoms with Gasteiger partial charge in [-0.3, -0.25) is 0 Å². The van der Waals surface area contributed by atoms with Crippen LogP contribution in [0.3, 0.4) is 0 Å². The molecule has 0 amide bonds. The molecule has 0 spiro atoms. The number of benzene rings is 1. The van der Waals surface area contributed by atoms with Crippen molar-refractivity contribution in [1.29, 1.82) is 0 Å². The van der Waals surface area contributed by atoms with E-state index in [1.54, 1.807) is 7.11 Å². The summed E-state index contributed by atoms with van der Waals surface area (Å²) in [5.74, 6) is 1.30. The average molecular weight is 207 g/mol. The predicted molar refractivity (Wildman–Crippen MR) is 61.8 cm³/mol. The van der Waals surface area contributed by atoms with Gasteiger partial charge in [-0.05, 0) is 41.9 Å². The zero-order chi connectivity index (χ0) is 10.6. The Morgan fingerprint density at radius 1 is 1.43 bits per heavy atom. The van der Waals surface area contributed by atoms with Crippen LogP contribution in [0.25, 0.3) is 0 Å². The molecule has 74 valence electrons. The fourth-order valence-electron chi connectivity index (χ4n) is 1.30.